The molecular formula is C15H22O3. The average molecular weight is 250 g/mol. The van der Waals surface area contributed by atoms with Crippen molar-refractivity contribution in [3.63, 3.8) is 0 Å². The minimum absolute atomic E-state index is 0.0416. The molecule has 0 aliphatic rings. The fourth-order valence-corrected chi connectivity index (χ4v) is 1.69. The van der Waals surface area contributed by atoms with Crippen molar-refractivity contribution >= 4 is 5.78 Å². The molecule has 18 heavy (non-hydrogen) atoms. The Morgan fingerprint density at radius 1 is 1.22 bits per heavy atom. The number of hydrogen-bond acceptors (Lipinski definition) is 3. The Balaban J connectivity index is 3.11. The zero-order valence-electron chi connectivity index (χ0n) is 12.0. The van der Waals surface area contributed by atoms with Gasteiger partial charge in [0.1, 0.15) is 5.60 Å². The Bertz CT molecular complexity index is 428. The smallest absolute Gasteiger partial charge is 0.169 e. The van der Waals surface area contributed by atoms with Crippen molar-refractivity contribution < 1.29 is 14.6 Å². The normalized spacial score (nSPS) is 11.7. The second kappa shape index (κ2) is 5.53. The van der Waals surface area contributed by atoms with Gasteiger partial charge in [-0.05, 0) is 39.7 Å². The number of carbonyl (C=O) groups is 1. The topological polar surface area (TPSA) is 35.5 Å². The van der Waals surface area contributed by atoms with Gasteiger partial charge in [-0.25, -0.2) is 0 Å². The molecule has 0 saturated carbocycles. The summed E-state index contributed by atoms with van der Waals surface area (Å²) in [5, 5.41) is 0. The molecule has 0 saturated heterocycles. The number of benzene rings is 1. The van der Waals surface area contributed by atoms with E-state index in [4.69, 9.17) is 9.78 Å². The monoisotopic (exact) mass is 250 g/mol. The molecule has 3 heteroatoms. The molecule has 0 fully saturated rings. The molecule has 1 rings (SSSR count). The van der Waals surface area contributed by atoms with Gasteiger partial charge in [-0.15, -0.1) is 0 Å². The van der Waals surface area contributed by atoms with Gasteiger partial charge < -0.3 is 4.89 Å². The number of hydrogen-bond donors (Lipinski definition) is 0. The molecule has 3 nitrogen and oxygen atoms in total. The molecule has 100 valence electrons. The maximum Gasteiger partial charge on any atom is 0.169 e. The molecule has 0 spiro atoms. The lowest BCUT2D eigenvalue weighted by Crippen LogP contribution is -2.22. The zero-order chi connectivity index (χ0) is 13.9. The summed E-state index contributed by atoms with van der Waals surface area (Å²) in [4.78, 5) is 22.4. The summed E-state index contributed by atoms with van der Waals surface area (Å²) in [6, 6.07) is 5.46. The molecule has 0 aromatic heterocycles. The largest absolute Gasteiger partial charge is 0.337 e. The van der Waals surface area contributed by atoms with Crippen LogP contribution in [0.1, 0.15) is 63.4 Å². The average Bonchev–Trinajstić information content (AvgIpc) is 2.24. The fourth-order valence-electron chi connectivity index (χ4n) is 1.69. The Hall–Kier alpha value is -1.35. The maximum atomic E-state index is 11.6. The van der Waals surface area contributed by atoms with Gasteiger partial charge in [0.15, 0.2) is 11.5 Å². The van der Waals surface area contributed by atoms with E-state index in [2.05, 4.69) is 0 Å². The summed E-state index contributed by atoms with van der Waals surface area (Å²) in [5.74, 6) is 0.858. The summed E-state index contributed by atoms with van der Waals surface area (Å²) >= 11 is 0. The minimum Gasteiger partial charge on any atom is -0.337 e. The van der Waals surface area contributed by atoms with Crippen LogP contribution in [0, 0.1) is 0 Å². The molecule has 0 N–H and O–H groups in total. The van der Waals surface area contributed by atoms with Crippen LogP contribution in [0.15, 0.2) is 18.2 Å². The van der Waals surface area contributed by atoms with Crippen molar-refractivity contribution in [2.75, 3.05) is 0 Å². The van der Waals surface area contributed by atoms with E-state index in [1.54, 1.807) is 6.92 Å². The standard InChI is InChI=1S/C15H22O3/c1-10(2)14-12(11(3)16)8-7-9-13(14)17-18-15(4,5)6/h7-10H,1-6H3. The predicted molar refractivity (Wildman–Crippen MR) is 72.0 cm³/mol. The molecule has 0 radical (unpaired) electrons. The van der Waals surface area contributed by atoms with Gasteiger partial charge in [0.25, 0.3) is 0 Å². The molecule has 0 unspecified atom stereocenters. The second-order valence-corrected chi connectivity index (χ2v) is 5.71. The Labute approximate surface area is 109 Å². The van der Waals surface area contributed by atoms with Gasteiger partial charge in [0.2, 0.25) is 0 Å². The Morgan fingerprint density at radius 2 is 1.83 bits per heavy atom. The molecule has 1 aromatic carbocycles. The number of Topliss-reactive ketones (excluding diaryl/α,β-unsaturated/α-hetero) is 1. The van der Waals surface area contributed by atoms with Crippen molar-refractivity contribution in [1.82, 2.24) is 0 Å². The van der Waals surface area contributed by atoms with Gasteiger partial charge in [-0.1, -0.05) is 26.0 Å². The Morgan fingerprint density at radius 3 is 2.28 bits per heavy atom. The highest BCUT2D eigenvalue weighted by Gasteiger charge is 2.19. The van der Waals surface area contributed by atoms with Gasteiger partial charge in [-0.2, -0.15) is 4.89 Å². The summed E-state index contributed by atoms with van der Waals surface area (Å²) in [5.41, 5.74) is 1.20. The Kier molecular flexibility index (Phi) is 4.52. The summed E-state index contributed by atoms with van der Waals surface area (Å²) in [6.45, 7) is 11.4. The maximum absolute atomic E-state index is 11.6. The first-order valence-electron chi connectivity index (χ1n) is 6.22. The molecule has 0 aliphatic carbocycles. The third-order valence-corrected chi connectivity index (χ3v) is 2.40. The lowest BCUT2D eigenvalue weighted by Gasteiger charge is -2.21. The lowest BCUT2D eigenvalue weighted by atomic mass is 9.94. The van der Waals surface area contributed by atoms with Crippen molar-refractivity contribution in [3.05, 3.63) is 29.3 Å². The highest BCUT2D eigenvalue weighted by Crippen LogP contribution is 2.31. The van der Waals surface area contributed by atoms with Crippen LogP contribution in [0.25, 0.3) is 0 Å². The van der Waals surface area contributed by atoms with E-state index in [9.17, 15) is 4.79 Å². The van der Waals surface area contributed by atoms with E-state index >= 15 is 0 Å². The van der Waals surface area contributed by atoms with Gasteiger partial charge in [0, 0.05) is 11.1 Å². The third kappa shape index (κ3) is 3.84. The van der Waals surface area contributed by atoms with E-state index < -0.39 is 0 Å². The zero-order valence-corrected chi connectivity index (χ0v) is 12.0. The molecule has 0 bridgehead atoms. The molecule has 1 aromatic rings. The van der Waals surface area contributed by atoms with Gasteiger partial charge >= 0.3 is 0 Å². The highest BCUT2D eigenvalue weighted by atomic mass is 17.2. The van der Waals surface area contributed by atoms with E-state index in [0.29, 0.717) is 11.3 Å². The SMILES string of the molecule is CC(=O)c1cccc(OOC(C)(C)C)c1C(C)C. The van der Waals surface area contributed by atoms with Crippen LogP contribution in [0.5, 0.6) is 5.75 Å². The van der Waals surface area contributed by atoms with Crippen molar-refractivity contribution in [3.8, 4) is 5.75 Å². The van der Waals surface area contributed by atoms with Crippen LogP contribution in [-0.2, 0) is 4.89 Å². The summed E-state index contributed by atoms with van der Waals surface area (Å²) in [6.07, 6.45) is 0. The van der Waals surface area contributed by atoms with E-state index in [-0.39, 0.29) is 17.3 Å². The van der Waals surface area contributed by atoms with Crippen LogP contribution in [0.4, 0.5) is 0 Å². The first-order chi connectivity index (χ1) is 8.22. The number of ketones is 1. The minimum atomic E-state index is -0.388. The van der Waals surface area contributed by atoms with E-state index in [1.165, 1.54) is 0 Å². The van der Waals surface area contributed by atoms with Crippen LogP contribution < -0.4 is 4.89 Å². The van der Waals surface area contributed by atoms with Crippen LogP contribution >= 0.6 is 0 Å². The van der Waals surface area contributed by atoms with Crippen molar-refractivity contribution in [2.45, 2.75) is 53.1 Å². The first kappa shape index (κ1) is 14.7. The van der Waals surface area contributed by atoms with Crippen molar-refractivity contribution in [1.29, 1.82) is 0 Å². The number of carbonyl (C=O) groups excluding carboxylic acids is 1. The van der Waals surface area contributed by atoms with Crippen LogP contribution in [-0.4, -0.2) is 11.4 Å². The summed E-state index contributed by atoms with van der Waals surface area (Å²) in [7, 11) is 0. The van der Waals surface area contributed by atoms with Crippen molar-refractivity contribution in [2.24, 2.45) is 0 Å². The van der Waals surface area contributed by atoms with Crippen LogP contribution in [0.3, 0.4) is 0 Å². The molecule has 0 heterocycles. The van der Waals surface area contributed by atoms with E-state index in [1.807, 2.05) is 52.8 Å². The van der Waals surface area contributed by atoms with Gasteiger partial charge in [-0.3, -0.25) is 4.79 Å². The third-order valence-electron chi connectivity index (χ3n) is 2.40. The fraction of sp³-hybridized carbons (Fsp3) is 0.533. The lowest BCUT2D eigenvalue weighted by molar-refractivity contribution is -0.275. The highest BCUT2D eigenvalue weighted by molar-refractivity contribution is 5.96. The van der Waals surface area contributed by atoms with E-state index in [0.717, 1.165) is 5.56 Å². The molecular weight excluding hydrogens is 228 g/mol. The predicted octanol–water partition coefficient (Wildman–Crippen LogP) is 4.12. The molecule has 0 amide bonds. The van der Waals surface area contributed by atoms with Crippen LogP contribution in [0.2, 0.25) is 0 Å². The number of rotatable bonds is 4. The first-order valence-corrected chi connectivity index (χ1v) is 6.22. The van der Waals surface area contributed by atoms with Gasteiger partial charge in [0.05, 0.1) is 0 Å². The molecule has 0 atom stereocenters. The quantitative estimate of drug-likeness (QED) is 0.458. The second-order valence-electron chi connectivity index (χ2n) is 5.71. The summed E-state index contributed by atoms with van der Waals surface area (Å²) < 4.78 is 0. The molecule has 0 aliphatic heterocycles.